The van der Waals surface area contributed by atoms with Gasteiger partial charge in [0, 0.05) is 23.5 Å². The first-order chi connectivity index (χ1) is 15.0. The summed E-state index contributed by atoms with van der Waals surface area (Å²) < 4.78 is 1.71. The van der Waals surface area contributed by atoms with Crippen molar-refractivity contribution in [1.29, 1.82) is 0 Å². The number of rotatable bonds is 6. The van der Waals surface area contributed by atoms with Crippen LogP contribution in [0.5, 0.6) is 0 Å². The maximum atomic E-state index is 13.1. The zero-order valence-corrected chi connectivity index (χ0v) is 18.0. The van der Waals surface area contributed by atoms with Gasteiger partial charge in [-0.15, -0.1) is 11.3 Å². The summed E-state index contributed by atoms with van der Waals surface area (Å²) in [6, 6.07) is 20.4. The molecule has 6 nitrogen and oxygen atoms in total. The fourth-order valence-corrected chi connectivity index (χ4v) is 3.82. The van der Waals surface area contributed by atoms with E-state index in [1.807, 2.05) is 61.7 Å². The maximum Gasteiger partial charge on any atom is 0.259 e. The van der Waals surface area contributed by atoms with Crippen LogP contribution in [0.2, 0.25) is 0 Å². The molecular weight excluding hydrogens is 408 g/mol. The predicted octanol–water partition coefficient (Wildman–Crippen LogP) is 4.99. The number of para-hydroxylation sites is 1. The molecule has 2 amide bonds. The average molecular weight is 431 g/mol. The van der Waals surface area contributed by atoms with Crippen LogP contribution in [0.25, 0.3) is 16.3 Å². The molecule has 0 atom stereocenters. The third-order valence-corrected chi connectivity index (χ3v) is 5.44. The number of nitrogens with zero attached hydrogens (tertiary/aromatic N) is 2. The Kier molecular flexibility index (Phi) is 5.95. The number of amides is 2. The highest BCUT2D eigenvalue weighted by atomic mass is 32.1. The van der Waals surface area contributed by atoms with Crippen molar-refractivity contribution in [1.82, 2.24) is 15.1 Å². The highest BCUT2D eigenvalue weighted by Gasteiger charge is 2.19. The third kappa shape index (κ3) is 4.73. The number of hydrogen-bond donors (Lipinski definition) is 2. The fraction of sp³-hybridized carbons (Fsp3) is 0.125. The first-order valence-electron chi connectivity index (χ1n) is 9.92. The van der Waals surface area contributed by atoms with E-state index in [4.69, 9.17) is 0 Å². The highest BCUT2D eigenvalue weighted by molar-refractivity contribution is 7.13. The Morgan fingerprint density at radius 2 is 1.68 bits per heavy atom. The molecule has 7 heteroatoms. The molecule has 0 fully saturated rings. The van der Waals surface area contributed by atoms with E-state index in [-0.39, 0.29) is 17.9 Å². The summed E-state index contributed by atoms with van der Waals surface area (Å²) in [4.78, 5) is 26.1. The molecule has 0 saturated heterocycles. The Morgan fingerprint density at radius 1 is 0.935 bits per heavy atom. The van der Waals surface area contributed by atoms with Crippen LogP contribution in [0.3, 0.4) is 0 Å². The van der Waals surface area contributed by atoms with Gasteiger partial charge in [-0.25, -0.2) is 4.68 Å². The van der Waals surface area contributed by atoms with E-state index in [0.717, 1.165) is 10.6 Å². The molecule has 0 bridgehead atoms. The largest absolute Gasteiger partial charge is 0.350 e. The van der Waals surface area contributed by atoms with Gasteiger partial charge in [-0.2, -0.15) is 5.10 Å². The SMILES string of the molecule is CC(C)NC(=O)c1ccc(NC(=O)c2cn(-c3ccccc3)nc2-c2cccs2)cc1. The quantitative estimate of drug-likeness (QED) is 0.452. The molecule has 2 aromatic carbocycles. The van der Waals surface area contributed by atoms with Crippen molar-refractivity contribution in [3.05, 3.63) is 89.4 Å². The lowest BCUT2D eigenvalue weighted by atomic mass is 10.1. The predicted molar refractivity (Wildman–Crippen MR) is 124 cm³/mol. The number of hydrogen-bond acceptors (Lipinski definition) is 4. The van der Waals surface area contributed by atoms with Crippen molar-refractivity contribution in [3.8, 4) is 16.3 Å². The summed E-state index contributed by atoms with van der Waals surface area (Å²) in [6.07, 6.45) is 1.74. The van der Waals surface area contributed by atoms with Gasteiger partial charge in [0.25, 0.3) is 11.8 Å². The van der Waals surface area contributed by atoms with Crippen LogP contribution in [0, 0.1) is 0 Å². The number of nitrogens with one attached hydrogen (secondary N) is 2. The van der Waals surface area contributed by atoms with E-state index in [0.29, 0.717) is 22.5 Å². The van der Waals surface area contributed by atoms with Crippen molar-refractivity contribution < 1.29 is 9.59 Å². The van der Waals surface area contributed by atoms with Crippen LogP contribution in [-0.4, -0.2) is 27.6 Å². The molecule has 0 spiro atoms. The number of carbonyl (C=O) groups excluding carboxylic acids is 2. The standard InChI is InChI=1S/C24H22N4O2S/c1-16(2)25-23(29)17-10-12-18(13-11-17)26-24(30)20-15-28(19-7-4-3-5-8-19)27-22(20)21-9-6-14-31-21/h3-16H,1-2H3,(H,25,29)(H,26,30). The minimum atomic E-state index is -0.259. The lowest BCUT2D eigenvalue weighted by Gasteiger charge is -2.09. The van der Waals surface area contributed by atoms with Crippen molar-refractivity contribution in [2.75, 3.05) is 5.32 Å². The molecule has 4 rings (SSSR count). The maximum absolute atomic E-state index is 13.1. The van der Waals surface area contributed by atoms with Crippen LogP contribution in [-0.2, 0) is 0 Å². The minimum absolute atomic E-state index is 0.0590. The zero-order valence-electron chi connectivity index (χ0n) is 17.2. The second-order valence-corrected chi connectivity index (χ2v) is 8.26. The molecule has 4 aromatic rings. The molecule has 0 aliphatic rings. The van der Waals surface area contributed by atoms with Gasteiger partial charge in [-0.3, -0.25) is 9.59 Å². The van der Waals surface area contributed by atoms with E-state index in [1.54, 1.807) is 35.1 Å². The van der Waals surface area contributed by atoms with Crippen LogP contribution in [0.15, 0.2) is 78.3 Å². The summed E-state index contributed by atoms with van der Waals surface area (Å²) in [5.74, 6) is -0.401. The van der Waals surface area contributed by atoms with Crippen molar-refractivity contribution in [3.63, 3.8) is 0 Å². The van der Waals surface area contributed by atoms with Gasteiger partial charge in [0.1, 0.15) is 5.69 Å². The van der Waals surface area contributed by atoms with Gasteiger partial charge in [0.15, 0.2) is 0 Å². The Bertz CT molecular complexity index is 1180. The van der Waals surface area contributed by atoms with Crippen molar-refractivity contribution >= 4 is 28.8 Å². The van der Waals surface area contributed by atoms with Crippen LogP contribution >= 0.6 is 11.3 Å². The summed E-state index contributed by atoms with van der Waals surface area (Å²) in [5, 5.41) is 12.4. The highest BCUT2D eigenvalue weighted by Crippen LogP contribution is 2.28. The van der Waals surface area contributed by atoms with Gasteiger partial charge in [0.2, 0.25) is 0 Å². The van der Waals surface area contributed by atoms with Gasteiger partial charge in [-0.1, -0.05) is 24.3 Å². The molecular formula is C24H22N4O2S. The lowest BCUT2D eigenvalue weighted by molar-refractivity contribution is 0.0942. The summed E-state index contributed by atoms with van der Waals surface area (Å²) >= 11 is 1.53. The molecule has 0 radical (unpaired) electrons. The molecule has 2 N–H and O–H groups in total. The van der Waals surface area contributed by atoms with E-state index in [2.05, 4.69) is 15.7 Å². The van der Waals surface area contributed by atoms with Crippen LogP contribution < -0.4 is 10.6 Å². The summed E-state index contributed by atoms with van der Waals surface area (Å²) in [7, 11) is 0. The second kappa shape index (κ2) is 8.97. The van der Waals surface area contributed by atoms with E-state index in [1.165, 1.54) is 11.3 Å². The van der Waals surface area contributed by atoms with Gasteiger partial charge in [-0.05, 0) is 61.7 Å². The molecule has 0 unspecified atom stereocenters. The third-order valence-electron chi connectivity index (χ3n) is 4.56. The van der Waals surface area contributed by atoms with E-state index in [9.17, 15) is 9.59 Å². The zero-order chi connectivity index (χ0) is 21.8. The molecule has 2 aromatic heterocycles. The van der Waals surface area contributed by atoms with Crippen molar-refractivity contribution in [2.45, 2.75) is 19.9 Å². The lowest BCUT2D eigenvalue weighted by Crippen LogP contribution is -2.30. The Balaban J connectivity index is 1.59. The number of carbonyl (C=O) groups is 2. The minimum Gasteiger partial charge on any atom is -0.350 e. The fourth-order valence-electron chi connectivity index (χ4n) is 3.10. The van der Waals surface area contributed by atoms with E-state index >= 15 is 0 Å². The molecule has 0 saturated carbocycles. The van der Waals surface area contributed by atoms with Crippen LogP contribution in [0.1, 0.15) is 34.6 Å². The number of aromatic nitrogens is 2. The van der Waals surface area contributed by atoms with Gasteiger partial charge in [0.05, 0.1) is 16.1 Å². The normalized spacial score (nSPS) is 10.8. The summed E-state index contributed by atoms with van der Waals surface area (Å²) in [6.45, 7) is 3.82. The number of benzene rings is 2. The first-order valence-corrected chi connectivity index (χ1v) is 10.8. The van der Waals surface area contributed by atoms with E-state index < -0.39 is 0 Å². The number of thiophene rings is 1. The molecule has 0 aliphatic heterocycles. The Morgan fingerprint density at radius 3 is 2.32 bits per heavy atom. The van der Waals surface area contributed by atoms with Crippen LogP contribution in [0.4, 0.5) is 5.69 Å². The average Bonchev–Trinajstić information content (AvgIpc) is 3.44. The molecule has 2 heterocycles. The molecule has 0 aliphatic carbocycles. The smallest absolute Gasteiger partial charge is 0.259 e. The van der Waals surface area contributed by atoms with Gasteiger partial charge < -0.3 is 10.6 Å². The Hall–Kier alpha value is -3.71. The molecule has 31 heavy (non-hydrogen) atoms. The van der Waals surface area contributed by atoms with Crippen molar-refractivity contribution in [2.24, 2.45) is 0 Å². The number of anilines is 1. The monoisotopic (exact) mass is 430 g/mol. The summed E-state index contributed by atoms with van der Waals surface area (Å²) in [5.41, 5.74) is 3.13. The molecule has 156 valence electrons. The first kappa shape index (κ1) is 20.6. The van der Waals surface area contributed by atoms with Gasteiger partial charge >= 0.3 is 0 Å². The topological polar surface area (TPSA) is 76.0 Å². The second-order valence-electron chi connectivity index (χ2n) is 7.31. The Labute approximate surface area is 184 Å².